The second-order valence-electron chi connectivity index (χ2n) is 4.12. The van der Waals surface area contributed by atoms with Gasteiger partial charge in [-0.3, -0.25) is 0 Å². The van der Waals surface area contributed by atoms with Crippen molar-refractivity contribution in [3.8, 4) is 5.75 Å². The van der Waals surface area contributed by atoms with Crippen molar-refractivity contribution >= 4 is 11.6 Å². The van der Waals surface area contributed by atoms with E-state index in [0.717, 1.165) is 5.69 Å². The van der Waals surface area contributed by atoms with Crippen LogP contribution in [0.3, 0.4) is 0 Å². The number of rotatable bonds is 5. The lowest BCUT2D eigenvalue weighted by Gasteiger charge is -2.11. The summed E-state index contributed by atoms with van der Waals surface area (Å²) in [4.78, 5) is 4.38. The van der Waals surface area contributed by atoms with E-state index in [1.54, 1.807) is 12.1 Å². The van der Waals surface area contributed by atoms with Crippen LogP contribution in [0.2, 0.25) is 0 Å². The first-order valence-electron chi connectivity index (χ1n) is 5.89. The molecule has 0 aliphatic rings. The number of aromatic nitrogens is 2. The van der Waals surface area contributed by atoms with Gasteiger partial charge in [-0.25, -0.2) is 9.37 Å². The Balaban J connectivity index is 2.32. The SMILES string of the molecule is C=CCn1cc(C)nc1Nc1ccc(F)cc1OC. The van der Waals surface area contributed by atoms with Crippen molar-refractivity contribution in [2.75, 3.05) is 12.4 Å². The minimum absolute atomic E-state index is 0.340. The predicted octanol–water partition coefficient (Wildman–Crippen LogP) is 3.27. The number of hydrogen-bond acceptors (Lipinski definition) is 3. The number of nitrogens with zero attached hydrogens (tertiary/aromatic N) is 2. The molecule has 1 aromatic heterocycles. The van der Waals surface area contributed by atoms with Crippen molar-refractivity contribution in [3.63, 3.8) is 0 Å². The first-order valence-corrected chi connectivity index (χ1v) is 5.89. The maximum atomic E-state index is 13.1. The number of imidazole rings is 1. The zero-order chi connectivity index (χ0) is 13.8. The fourth-order valence-corrected chi connectivity index (χ4v) is 1.81. The van der Waals surface area contributed by atoms with E-state index in [-0.39, 0.29) is 5.82 Å². The molecule has 0 aliphatic heterocycles. The van der Waals surface area contributed by atoms with Crippen LogP contribution in [0.1, 0.15) is 5.69 Å². The van der Waals surface area contributed by atoms with Gasteiger partial charge in [0.2, 0.25) is 5.95 Å². The van der Waals surface area contributed by atoms with Crippen molar-refractivity contribution in [1.29, 1.82) is 0 Å². The fourth-order valence-electron chi connectivity index (χ4n) is 1.81. The van der Waals surface area contributed by atoms with Crippen LogP contribution in [0.25, 0.3) is 0 Å². The van der Waals surface area contributed by atoms with Crippen molar-refractivity contribution in [2.45, 2.75) is 13.5 Å². The van der Waals surface area contributed by atoms with Crippen LogP contribution >= 0.6 is 0 Å². The molecule has 1 aromatic carbocycles. The molecule has 0 atom stereocenters. The van der Waals surface area contributed by atoms with E-state index >= 15 is 0 Å². The third-order valence-corrected chi connectivity index (χ3v) is 2.63. The Bertz CT molecular complexity index is 592. The number of anilines is 2. The van der Waals surface area contributed by atoms with E-state index < -0.39 is 0 Å². The summed E-state index contributed by atoms with van der Waals surface area (Å²) < 4.78 is 20.2. The first kappa shape index (κ1) is 13.1. The van der Waals surface area contributed by atoms with Crippen molar-refractivity contribution in [1.82, 2.24) is 9.55 Å². The molecule has 1 heterocycles. The highest BCUT2D eigenvalue weighted by atomic mass is 19.1. The maximum absolute atomic E-state index is 13.1. The average Bonchev–Trinajstić information content (AvgIpc) is 2.72. The van der Waals surface area contributed by atoms with E-state index in [4.69, 9.17) is 4.74 Å². The predicted molar refractivity (Wildman–Crippen MR) is 73.4 cm³/mol. The minimum Gasteiger partial charge on any atom is -0.494 e. The second kappa shape index (κ2) is 5.56. The van der Waals surface area contributed by atoms with Gasteiger partial charge in [-0.1, -0.05) is 6.08 Å². The topological polar surface area (TPSA) is 39.1 Å². The van der Waals surface area contributed by atoms with Gasteiger partial charge in [-0.2, -0.15) is 0 Å². The number of aryl methyl sites for hydroxylation is 1. The molecular formula is C14H16FN3O. The normalized spacial score (nSPS) is 10.3. The smallest absolute Gasteiger partial charge is 0.207 e. The molecule has 0 aliphatic carbocycles. The number of hydrogen-bond donors (Lipinski definition) is 1. The first-order chi connectivity index (χ1) is 9.13. The number of allylic oxidation sites excluding steroid dienone is 1. The van der Waals surface area contributed by atoms with E-state index in [1.807, 2.05) is 17.7 Å². The van der Waals surface area contributed by atoms with Gasteiger partial charge in [-0.05, 0) is 19.1 Å². The Kier molecular flexibility index (Phi) is 3.85. The molecule has 2 aromatic rings. The van der Waals surface area contributed by atoms with E-state index in [2.05, 4.69) is 16.9 Å². The van der Waals surface area contributed by atoms with Gasteiger partial charge in [0, 0.05) is 18.8 Å². The molecule has 100 valence electrons. The highest BCUT2D eigenvalue weighted by molar-refractivity contribution is 5.62. The molecule has 1 N–H and O–H groups in total. The van der Waals surface area contributed by atoms with Crippen LogP contribution in [-0.4, -0.2) is 16.7 Å². The summed E-state index contributed by atoms with van der Waals surface area (Å²) in [6, 6.07) is 4.32. The zero-order valence-corrected chi connectivity index (χ0v) is 11.0. The van der Waals surface area contributed by atoms with Gasteiger partial charge in [0.1, 0.15) is 11.6 Å². The molecule has 0 spiro atoms. The standard InChI is InChI=1S/C14H16FN3O/c1-4-7-18-9-10(2)16-14(18)17-12-6-5-11(15)8-13(12)19-3/h4-6,8-9H,1,7H2,2-3H3,(H,16,17). The lowest BCUT2D eigenvalue weighted by molar-refractivity contribution is 0.413. The lowest BCUT2D eigenvalue weighted by Crippen LogP contribution is -2.03. The molecule has 19 heavy (non-hydrogen) atoms. The molecule has 0 amide bonds. The molecule has 0 fully saturated rings. The number of benzene rings is 1. The molecule has 5 heteroatoms. The van der Waals surface area contributed by atoms with Crippen LogP contribution in [0, 0.1) is 12.7 Å². The van der Waals surface area contributed by atoms with Crippen LogP contribution in [0.5, 0.6) is 5.75 Å². The van der Waals surface area contributed by atoms with E-state index in [1.165, 1.54) is 19.2 Å². The van der Waals surface area contributed by atoms with Gasteiger partial charge in [-0.15, -0.1) is 6.58 Å². The summed E-state index contributed by atoms with van der Waals surface area (Å²) in [5.74, 6) is 0.765. The number of nitrogens with one attached hydrogen (secondary N) is 1. The number of halogens is 1. The molecular weight excluding hydrogens is 245 g/mol. The molecule has 0 bridgehead atoms. The van der Waals surface area contributed by atoms with Gasteiger partial charge in [0.15, 0.2) is 0 Å². The Labute approximate surface area is 111 Å². The van der Waals surface area contributed by atoms with Crippen LogP contribution in [-0.2, 0) is 6.54 Å². The Morgan fingerprint density at radius 2 is 2.32 bits per heavy atom. The Morgan fingerprint density at radius 3 is 3.00 bits per heavy atom. The summed E-state index contributed by atoms with van der Waals surface area (Å²) in [7, 11) is 1.50. The van der Waals surface area contributed by atoms with E-state index in [0.29, 0.717) is 23.9 Å². The summed E-state index contributed by atoms with van der Waals surface area (Å²) in [6.45, 7) is 6.26. The van der Waals surface area contributed by atoms with Crippen LogP contribution in [0.4, 0.5) is 16.0 Å². The quantitative estimate of drug-likeness (QED) is 0.840. The zero-order valence-electron chi connectivity index (χ0n) is 11.0. The maximum Gasteiger partial charge on any atom is 0.207 e. The van der Waals surface area contributed by atoms with Gasteiger partial charge in [0.25, 0.3) is 0 Å². The Morgan fingerprint density at radius 1 is 1.53 bits per heavy atom. The molecule has 0 radical (unpaired) electrons. The monoisotopic (exact) mass is 261 g/mol. The van der Waals surface area contributed by atoms with Gasteiger partial charge < -0.3 is 14.6 Å². The second-order valence-corrected chi connectivity index (χ2v) is 4.12. The minimum atomic E-state index is -0.340. The van der Waals surface area contributed by atoms with Gasteiger partial charge in [0.05, 0.1) is 18.5 Å². The largest absolute Gasteiger partial charge is 0.494 e. The van der Waals surface area contributed by atoms with Crippen molar-refractivity contribution < 1.29 is 9.13 Å². The van der Waals surface area contributed by atoms with Crippen LogP contribution < -0.4 is 10.1 Å². The van der Waals surface area contributed by atoms with Gasteiger partial charge >= 0.3 is 0 Å². The number of methoxy groups -OCH3 is 1. The summed E-state index contributed by atoms with van der Waals surface area (Å²) in [5, 5.41) is 3.14. The number of ether oxygens (including phenoxy) is 1. The third kappa shape index (κ3) is 2.93. The van der Waals surface area contributed by atoms with Crippen LogP contribution in [0.15, 0.2) is 37.1 Å². The summed E-state index contributed by atoms with van der Waals surface area (Å²) >= 11 is 0. The summed E-state index contributed by atoms with van der Waals surface area (Å²) in [6.07, 6.45) is 3.70. The third-order valence-electron chi connectivity index (χ3n) is 2.63. The van der Waals surface area contributed by atoms with E-state index in [9.17, 15) is 4.39 Å². The molecule has 4 nitrogen and oxygen atoms in total. The molecule has 0 unspecified atom stereocenters. The highest BCUT2D eigenvalue weighted by Crippen LogP contribution is 2.28. The highest BCUT2D eigenvalue weighted by Gasteiger charge is 2.09. The molecule has 0 saturated carbocycles. The lowest BCUT2D eigenvalue weighted by atomic mass is 10.3. The summed E-state index contributed by atoms with van der Waals surface area (Å²) in [5.41, 5.74) is 1.56. The average molecular weight is 261 g/mol. The van der Waals surface area contributed by atoms with Crippen molar-refractivity contribution in [3.05, 3.63) is 48.6 Å². The fraction of sp³-hybridized carbons (Fsp3) is 0.214. The molecule has 0 saturated heterocycles. The Hall–Kier alpha value is -2.30. The molecule has 2 rings (SSSR count). The van der Waals surface area contributed by atoms with Crippen molar-refractivity contribution in [2.24, 2.45) is 0 Å².